The molecule has 1 aromatic rings. The van der Waals surface area contributed by atoms with Gasteiger partial charge >= 0.3 is 0 Å². The quantitative estimate of drug-likeness (QED) is 0.849. The smallest absolute Gasteiger partial charge is 0.232 e. The first-order valence-corrected chi connectivity index (χ1v) is 7.42. The third-order valence-electron chi connectivity index (χ3n) is 4.33. The van der Waals surface area contributed by atoms with E-state index >= 15 is 0 Å². The number of aromatic nitrogens is 1. The van der Waals surface area contributed by atoms with Gasteiger partial charge in [-0.2, -0.15) is 5.26 Å². The second-order valence-electron chi connectivity index (χ2n) is 5.68. The number of fused-ring (bicyclic) bond motifs is 1. The van der Waals surface area contributed by atoms with E-state index in [1.807, 2.05) is 6.07 Å². The summed E-state index contributed by atoms with van der Waals surface area (Å²) in [5.41, 5.74) is 2.90. The molecule has 1 heterocycles. The number of hydrogen-bond acceptors (Lipinski definition) is 4. The molecule has 20 heavy (non-hydrogen) atoms. The predicted octanol–water partition coefficient (Wildman–Crippen LogP) is 2.78. The summed E-state index contributed by atoms with van der Waals surface area (Å²) >= 11 is 0. The maximum Gasteiger partial charge on any atom is 0.232 e. The Morgan fingerprint density at radius 3 is 2.90 bits per heavy atom. The van der Waals surface area contributed by atoms with Gasteiger partial charge in [-0.1, -0.05) is 0 Å². The molecule has 0 radical (unpaired) electrons. The first-order valence-electron chi connectivity index (χ1n) is 7.42. The molecule has 0 amide bonds. The highest BCUT2D eigenvalue weighted by molar-refractivity contribution is 5.44. The predicted molar refractivity (Wildman–Crippen MR) is 74.7 cm³/mol. The van der Waals surface area contributed by atoms with Crippen LogP contribution in [-0.4, -0.2) is 24.3 Å². The highest BCUT2D eigenvalue weighted by atomic mass is 16.5. The van der Waals surface area contributed by atoms with E-state index in [1.165, 1.54) is 5.56 Å². The van der Waals surface area contributed by atoms with Crippen LogP contribution in [0.25, 0.3) is 0 Å². The topological polar surface area (TPSA) is 55.1 Å². The molecule has 2 atom stereocenters. The average Bonchev–Trinajstić information content (AvgIpc) is 2.93. The van der Waals surface area contributed by atoms with Gasteiger partial charge in [0.05, 0.1) is 6.10 Å². The average molecular weight is 272 g/mol. The summed E-state index contributed by atoms with van der Waals surface area (Å²) in [5.74, 6) is 0.523. The lowest BCUT2D eigenvalue weighted by molar-refractivity contribution is 0.0193. The number of methoxy groups -OCH3 is 1. The molecule has 3 rings (SSSR count). The number of aryl methyl sites for hydroxylation is 2. The Morgan fingerprint density at radius 1 is 1.25 bits per heavy atom. The molecular formula is C16H20N2O2. The highest BCUT2D eigenvalue weighted by Crippen LogP contribution is 2.29. The summed E-state index contributed by atoms with van der Waals surface area (Å²) in [6, 6.07) is 4.18. The van der Waals surface area contributed by atoms with Crippen LogP contribution in [0.4, 0.5) is 0 Å². The van der Waals surface area contributed by atoms with Crippen LogP contribution in [0.15, 0.2) is 6.07 Å². The normalized spacial score (nSPS) is 25.0. The van der Waals surface area contributed by atoms with Gasteiger partial charge < -0.3 is 9.47 Å². The van der Waals surface area contributed by atoms with E-state index in [4.69, 9.17) is 9.47 Å². The molecule has 1 fully saturated rings. The molecular weight excluding hydrogens is 252 g/mol. The Balaban J connectivity index is 1.78. The summed E-state index contributed by atoms with van der Waals surface area (Å²) in [6.07, 6.45) is 7.67. The van der Waals surface area contributed by atoms with Crippen molar-refractivity contribution in [3.8, 4) is 11.9 Å². The summed E-state index contributed by atoms with van der Waals surface area (Å²) in [7, 11) is 1.75. The Bertz CT molecular complexity index is 536. The third kappa shape index (κ3) is 2.64. The zero-order chi connectivity index (χ0) is 13.9. The number of nitriles is 1. The van der Waals surface area contributed by atoms with Crippen LogP contribution in [0.2, 0.25) is 0 Å². The molecule has 106 valence electrons. The van der Waals surface area contributed by atoms with Gasteiger partial charge in [-0.05, 0) is 50.2 Å². The minimum atomic E-state index is 0.118. The van der Waals surface area contributed by atoms with Crippen molar-refractivity contribution in [1.82, 2.24) is 4.98 Å². The van der Waals surface area contributed by atoms with Gasteiger partial charge in [-0.15, -0.1) is 0 Å². The first-order chi connectivity index (χ1) is 9.80. The van der Waals surface area contributed by atoms with E-state index in [9.17, 15) is 5.26 Å². The molecule has 0 spiro atoms. The summed E-state index contributed by atoms with van der Waals surface area (Å²) in [5, 5.41) is 9.28. The van der Waals surface area contributed by atoms with Gasteiger partial charge in [0.25, 0.3) is 0 Å². The number of nitrogens with zero attached hydrogens (tertiary/aromatic N) is 2. The second-order valence-corrected chi connectivity index (χ2v) is 5.68. The molecule has 1 aromatic heterocycles. The second kappa shape index (κ2) is 5.80. The van der Waals surface area contributed by atoms with E-state index in [-0.39, 0.29) is 12.2 Å². The van der Waals surface area contributed by atoms with Gasteiger partial charge in [0.2, 0.25) is 5.88 Å². The fraction of sp³-hybridized carbons (Fsp3) is 0.625. The lowest BCUT2D eigenvalue weighted by Crippen LogP contribution is -2.30. The van der Waals surface area contributed by atoms with Crippen LogP contribution in [-0.2, 0) is 17.6 Å². The number of hydrogen-bond donors (Lipinski definition) is 0. The number of rotatable bonds is 3. The maximum absolute atomic E-state index is 9.28. The SMILES string of the molecule is COC1CCCC(Oc2nc3c(cc2C#N)CCC3)C1. The molecule has 2 aliphatic rings. The molecule has 2 aliphatic carbocycles. The molecule has 2 unspecified atom stereocenters. The minimum Gasteiger partial charge on any atom is -0.473 e. The molecule has 4 heteroatoms. The number of ether oxygens (including phenoxy) is 2. The van der Waals surface area contributed by atoms with Crippen molar-refractivity contribution >= 4 is 0 Å². The Labute approximate surface area is 119 Å². The standard InChI is InChI=1S/C16H20N2O2/c1-19-13-5-3-6-14(9-13)20-16-12(10-17)8-11-4-2-7-15(11)18-16/h8,13-14H,2-7,9H2,1H3. The number of pyridine rings is 1. The zero-order valence-electron chi connectivity index (χ0n) is 11.9. The molecule has 0 aromatic carbocycles. The lowest BCUT2D eigenvalue weighted by Gasteiger charge is -2.28. The minimum absolute atomic E-state index is 0.118. The van der Waals surface area contributed by atoms with Gasteiger partial charge in [0.15, 0.2) is 0 Å². The van der Waals surface area contributed by atoms with Crippen LogP contribution in [0.5, 0.6) is 5.88 Å². The summed E-state index contributed by atoms with van der Waals surface area (Å²) in [4.78, 5) is 4.58. The van der Waals surface area contributed by atoms with Crippen molar-refractivity contribution in [1.29, 1.82) is 5.26 Å². The Morgan fingerprint density at radius 2 is 2.10 bits per heavy atom. The maximum atomic E-state index is 9.28. The van der Waals surface area contributed by atoms with Crippen molar-refractivity contribution in [2.45, 2.75) is 57.2 Å². The monoisotopic (exact) mass is 272 g/mol. The van der Waals surface area contributed by atoms with Gasteiger partial charge in [0, 0.05) is 19.2 Å². The van der Waals surface area contributed by atoms with Gasteiger partial charge in [-0.25, -0.2) is 4.98 Å². The van der Waals surface area contributed by atoms with E-state index in [0.717, 1.165) is 50.6 Å². The van der Waals surface area contributed by atoms with E-state index < -0.39 is 0 Å². The first kappa shape index (κ1) is 13.4. The van der Waals surface area contributed by atoms with Crippen molar-refractivity contribution in [2.24, 2.45) is 0 Å². The van der Waals surface area contributed by atoms with Gasteiger partial charge in [0.1, 0.15) is 17.7 Å². The fourth-order valence-corrected chi connectivity index (χ4v) is 3.20. The molecule has 1 saturated carbocycles. The Hall–Kier alpha value is -1.60. The largest absolute Gasteiger partial charge is 0.473 e. The van der Waals surface area contributed by atoms with Gasteiger partial charge in [-0.3, -0.25) is 0 Å². The van der Waals surface area contributed by atoms with Crippen molar-refractivity contribution in [2.75, 3.05) is 7.11 Å². The molecule has 0 saturated heterocycles. The van der Waals surface area contributed by atoms with Crippen molar-refractivity contribution in [3.63, 3.8) is 0 Å². The van der Waals surface area contributed by atoms with Crippen LogP contribution in [0.3, 0.4) is 0 Å². The van der Waals surface area contributed by atoms with Crippen LogP contribution in [0.1, 0.15) is 48.9 Å². The van der Waals surface area contributed by atoms with Crippen molar-refractivity contribution < 1.29 is 9.47 Å². The molecule has 0 N–H and O–H groups in total. The molecule has 0 aliphatic heterocycles. The van der Waals surface area contributed by atoms with E-state index in [1.54, 1.807) is 7.11 Å². The van der Waals surface area contributed by atoms with Crippen LogP contribution >= 0.6 is 0 Å². The van der Waals surface area contributed by atoms with E-state index in [0.29, 0.717) is 11.4 Å². The molecule has 4 nitrogen and oxygen atoms in total. The van der Waals surface area contributed by atoms with Crippen molar-refractivity contribution in [3.05, 3.63) is 22.9 Å². The van der Waals surface area contributed by atoms with E-state index in [2.05, 4.69) is 11.1 Å². The third-order valence-corrected chi connectivity index (χ3v) is 4.33. The van der Waals surface area contributed by atoms with Crippen LogP contribution < -0.4 is 4.74 Å². The lowest BCUT2D eigenvalue weighted by atomic mass is 9.95. The fourth-order valence-electron chi connectivity index (χ4n) is 3.20. The summed E-state index contributed by atoms with van der Waals surface area (Å²) in [6.45, 7) is 0. The zero-order valence-corrected chi connectivity index (χ0v) is 11.9. The summed E-state index contributed by atoms with van der Waals surface area (Å²) < 4.78 is 11.4. The molecule has 0 bridgehead atoms. The Kier molecular flexibility index (Phi) is 3.88. The van der Waals surface area contributed by atoms with Crippen LogP contribution in [0, 0.1) is 11.3 Å². The highest BCUT2D eigenvalue weighted by Gasteiger charge is 2.25.